The van der Waals surface area contributed by atoms with Crippen LogP contribution in [-0.2, 0) is 11.3 Å². The summed E-state index contributed by atoms with van der Waals surface area (Å²) in [6, 6.07) is 7.60. The predicted molar refractivity (Wildman–Crippen MR) is 66.7 cm³/mol. The van der Waals surface area contributed by atoms with Gasteiger partial charge in [-0.05, 0) is 19.1 Å². The number of aryl methyl sites for hydroxylation is 1. The SMILES string of the molecule is CCC(F)(F)OCc1coc(-c2ccc(C)cc2)n1. The Morgan fingerprint density at radius 3 is 2.58 bits per heavy atom. The van der Waals surface area contributed by atoms with Crippen molar-refractivity contribution in [3.63, 3.8) is 0 Å². The van der Waals surface area contributed by atoms with Crippen molar-refractivity contribution in [2.24, 2.45) is 0 Å². The summed E-state index contributed by atoms with van der Waals surface area (Å²) in [5.74, 6) is 0.401. The van der Waals surface area contributed by atoms with E-state index in [1.54, 1.807) is 0 Å². The van der Waals surface area contributed by atoms with E-state index in [1.165, 1.54) is 13.2 Å². The molecule has 19 heavy (non-hydrogen) atoms. The van der Waals surface area contributed by atoms with Crippen molar-refractivity contribution < 1.29 is 17.9 Å². The molecule has 2 aromatic rings. The lowest BCUT2D eigenvalue weighted by Crippen LogP contribution is -2.19. The zero-order chi connectivity index (χ0) is 13.9. The summed E-state index contributed by atoms with van der Waals surface area (Å²) in [6.07, 6.45) is -2.15. The van der Waals surface area contributed by atoms with Crippen molar-refractivity contribution in [2.45, 2.75) is 33.0 Å². The molecule has 0 aliphatic carbocycles. The minimum atomic E-state index is -3.12. The van der Waals surface area contributed by atoms with Gasteiger partial charge in [-0.15, -0.1) is 0 Å². The van der Waals surface area contributed by atoms with Crippen LogP contribution >= 0.6 is 0 Å². The molecule has 0 fully saturated rings. The molecule has 1 aromatic carbocycles. The van der Waals surface area contributed by atoms with Crippen molar-refractivity contribution in [1.29, 1.82) is 0 Å². The van der Waals surface area contributed by atoms with Crippen LogP contribution in [0.5, 0.6) is 0 Å². The molecule has 1 heterocycles. The second kappa shape index (κ2) is 5.48. The maximum atomic E-state index is 12.9. The van der Waals surface area contributed by atoms with Crippen LogP contribution in [0.3, 0.4) is 0 Å². The maximum absolute atomic E-state index is 12.9. The first-order valence-corrected chi connectivity index (χ1v) is 6.03. The zero-order valence-corrected chi connectivity index (χ0v) is 10.8. The lowest BCUT2D eigenvalue weighted by Gasteiger charge is -2.12. The van der Waals surface area contributed by atoms with Gasteiger partial charge in [0.25, 0.3) is 0 Å². The van der Waals surface area contributed by atoms with Crippen molar-refractivity contribution in [1.82, 2.24) is 4.98 Å². The normalized spacial score (nSPS) is 11.8. The molecular weight excluding hydrogens is 252 g/mol. The minimum Gasteiger partial charge on any atom is -0.444 e. The van der Waals surface area contributed by atoms with Gasteiger partial charge >= 0.3 is 6.11 Å². The van der Waals surface area contributed by atoms with E-state index in [0.29, 0.717) is 11.6 Å². The number of halogens is 2. The van der Waals surface area contributed by atoms with Gasteiger partial charge in [0, 0.05) is 12.0 Å². The lowest BCUT2D eigenvalue weighted by atomic mass is 10.1. The third-order valence-corrected chi connectivity index (χ3v) is 2.69. The van der Waals surface area contributed by atoms with Gasteiger partial charge in [0.05, 0.1) is 6.61 Å². The molecule has 102 valence electrons. The van der Waals surface area contributed by atoms with E-state index in [1.807, 2.05) is 31.2 Å². The maximum Gasteiger partial charge on any atom is 0.355 e. The molecule has 0 aliphatic rings. The van der Waals surface area contributed by atoms with Crippen LogP contribution in [0.4, 0.5) is 8.78 Å². The van der Waals surface area contributed by atoms with Gasteiger partial charge in [-0.2, -0.15) is 8.78 Å². The fourth-order valence-electron chi connectivity index (χ4n) is 1.48. The number of rotatable bonds is 5. The summed E-state index contributed by atoms with van der Waals surface area (Å²) < 4.78 is 35.6. The lowest BCUT2D eigenvalue weighted by molar-refractivity contribution is -0.246. The monoisotopic (exact) mass is 267 g/mol. The van der Waals surface area contributed by atoms with Gasteiger partial charge in [-0.25, -0.2) is 4.98 Å². The standard InChI is InChI=1S/C14H15F2NO2/c1-3-14(15,16)19-9-12-8-18-13(17-12)11-6-4-10(2)5-7-11/h4-8H,3,9H2,1-2H3. The van der Waals surface area contributed by atoms with Crippen LogP contribution in [0.2, 0.25) is 0 Å². The van der Waals surface area contributed by atoms with Crippen LogP contribution < -0.4 is 0 Å². The Hall–Kier alpha value is -1.75. The summed E-state index contributed by atoms with van der Waals surface area (Å²) in [4.78, 5) is 4.12. The fraction of sp³-hybridized carbons (Fsp3) is 0.357. The van der Waals surface area contributed by atoms with Crippen molar-refractivity contribution in [2.75, 3.05) is 0 Å². The molecule has 0 spiro atoms. The van der Waals surface area contributed by atoms with Crippen LogP contribution in [0.1, 0.15) is 24.6 Å². The number of ether oxygens (including phenoxy) is 1. The average Bonchev–Trinajstić information content (AvgIpc) is 2.86. The largest absolute Gasteiger partial charge is 0.444 e. The van der Waals surface area contributed by atoms with Crippen molar-refractivity contribution in [3.05, 3.63) is 41.8 Å². The number of nitrogens with zero attached hydrogens (tertiary/aromatic N) is 1. The summed E-state index contributed by atoms with van der Waals surface area (Å²) in [5, 5.41) is 0. The first-order chi connectivity index (χ1) is 9.00. The highest BCUT2D eigenvalue weighted by molar-refractivity contribution is 5.53. The molecule has 3 nitrogen and oxygen atoms in total. The van der Waals surface area contributed by atoms with E-state index in [0.717, 1.165) is 11.1 Å². The van der Waals surface area contributed by atoms with Gasteiger partial charge in [0.1, 0.15) is 12.0 Å². The highest BCUT2D eigenvalue weighted by atomic mass is 19.3. The molecule has 0 bridgehead atoms. The quantitative estimate of drug-likeness (QED) is 0.815. The van der Waals surface area contributed by atoms with E-state index in [9.17, 15) is 8.78 Å². The molecule has 0 atom stereocenters. The number of hydrogen-bond donors (Lipinski definition) is 0. The van der Waals surface area contributed by atoms with Gasteiger partial charge in [0.2, 0.25) is 5.89 Å². The fourth-order valence-corrected chi connectivity index (χ4v) is 1.48. The van der Waals surface area contributed by atoms with E-state index in [4.69, 9.17) is 4.42 Å². The number of hydrogen-bond acceptors (Lipinski definition) is 3. The van der Waals surface area contributed by atoms with Crippen LogP contribution in [0.15, 0.2) is 34.9 Å². The zero-order valence-electron chi connectivity index (χ0n) is 10.8. The summed E-state index contributed by atoms with van der Waals surface area (Å²) in [5.41, 5.74) is 2.28. The molecule has 0 unspecified atom stereocenters. The molecule has 5 heteroatoms. The highest BCUT2D eigenvalue weighted by Gasteiger charge is 2.27. The molecule has 0 aliphatic heterocycles. The molecular formula is C14H15F2NO2. The van der Waals surface area contributed by atoms with Gasteiger partial charge < -0.3 is 9.15 Å². The molecule has 0 radical (unpaired) electrons. The Balaban J connectivity index is 2.05. The van der Waals surface area contributed by atoms with Gasteiger partial charge in [-0.1, -0.05) is 24.6 Å². The molecule has 1 aromatic heterocycles. The van der Waals surface area contributed by atoms with Crippen LogP contribution in [-0.4, -0.2) is 11.1 Å². The Morgan fingerprint density at radius 2 is 1.95 bits per heavy atom. The Labute approximate surface area is 110 Å². The second-order valence-corrected chi connectivity index (χ2v) is 4.29. The smallest absolute Gasteiger partial charge is 0.355 e. The molecule has 0 amide bonds. The predicted octanol–water partition coefficient (Wildman–Crippen LogP) is 4.17. The molecule has 0 saturated heterocycles. The van der Waals surface area contributed by atoms with E-state index < -0.39 is 6.11 Å². The Morgan fingerprint density at radius 1 is 1.26 bits per heavy atom. The van der Waals surface area contributed by atoms with Gasteiger partial charge in [-0.3, -0.25) is 0 Å². The topological polar surface area (TPSA) is 35.3 Å². The molecule has 0 N–H and O–H groups in total. The Kier molecular flexibility index (Phi) is 3.95. The van der Waals surface area contributed by atoms with Gasteiger partial charge in [0.15, 0.2) is 0 Å². The number of aromatic nitrogens is 1. The Bertz CT molecular complexity index is 535. The van der Waals surface area contributed by atoms with E-state index in [2.05, 4.69) is 9.72 Å². The summed E-state index contributed by atoms with van der Waals surface area (Å²) >= 11 is 0. The highest BCUT2D eigenvalue weighted by Crippen LogP contribution is 2.23. The van der Waals surface area contributed by atoms with Crippen LogP contribution in [0, 0.1) is 6.92 Å². The summed E-state index contributed by atoms with van der Waals surface area (Å²) in [6.45, 7) is 3.07. The first-order valence-electron chi connectivity index (χ1n) is 6.03. The number of alkyl halides is 2. The third-order valence-electron chi connectivity index (χ3n) is 2.69. The van der Waals surface area contributed by atoms with Crippen molar-refractivity contribution >= 4 is 0 Å². The molecule has 2 rings (SSSR count). The van der Waals surface area contributed by atoms with E-state index >= 15 is 0 Å². The summed E-state index contributed by atoms with van der Waals surface area (Å²) in [7, 11) is 0. The first kappa shape index (κ1) is 13.7. The number of benzene rings is 1. The minimum absolute atomic E-state index is 0.268. The van der Waals surface area contributed by atoms with Crippen LogP contribution in [0.25, 0.3) is 11.5 Å². The van der Waals surface area contributed by atoms with E-state index in [-0.39, 0.29) is 13.0 Å². The molecule has 0 saturated carbocycles. The van der Waals surface area contributed by atoms with Crippen molar-refractivity contribution in [3.8, 4) is 11.5 Å². The third kappa shape index (κ3) is 3.61. The number of oxazole rings is 1. The average molecular weight is 267 g/mol. The second-order valence-electron chi connectivity index (χ2n) is 4.29.